The molecule has 1 aromatic carbocycles. The summed E-state index contributed by atoms with van der Waals surface area (Å²) in [6, 6.07) is 8.17. The minimum atomic E-state index is -5.08. The van der Waals surface area contributed by atoms with Crippen molar-refractivity contribution in [1.29, 1.82) is 0 Å². The number of aryl methyl sites for hydroxylation is 1. The first kappa shape index (κ1) is 25.7. The number of hydrogen-bond donors (Lipinski definition) is 2. The molecule has 7 nitrogen and oxygen atoms in total. The molecule has 5 rings (SSSR count). The molecular formula is C24H28ClF3N4O3. The van der Waals surface area contributed by atoms with E-state index in [1.807, 2.05) is 12.1 Å². The van der Waals surface area contributed by atoms with Crippen molar-refractivity contribution in [2.45, 2.75) is 50.9 Å². The SMILES string of the molecule is Cc1nc(NCC2CC2)nc2c1COCC21CCN(Cc2ccc(Cl)cc2)C1.O=C(O)C(F)(F)F. The van der Waals surface area contributed by atoms with Crippen LogP contribution in [0.15, 0.2) is 24.3 Å². The van der Waals surface area contributed by atoms with Gasteiger partial charge in [0.15, 0.2) is 0 Å². The minimum Gasteiger partial charge on any atom is -0.475 e. The van der Waals surface area contributed by atoms with E-state index in [-0.39, 0.29) is 5.41 Å². The standard InChI is InChI=1S/C22H27ClN4O.C2HF3O2/c1-15-19-12-28-14-22(20(19)26-21(25-15)24-10-16-2-3-16)8-9-27(13-22)11-17-4-6-18(23)7-5-17;3-2(4,5)1(6)7/h4-7,16H,2-3,8-14H2,1H3,(H,24,25,26);(H,6,7). The summed E-state index contributed by atoms with van der Waals surface area (Å²) in [7, 11) is 0. The van der Waals surface area contributed by atoms with Gasteiger partial charge in [0, 0.05) is 35.9 Å². The van der Waals surface area contributed by atoms with Crippen molar-refractivity contribution in [2.24, 2.45) is 5.92 Å². The topological polar surface area (TPSA) is 87.6 Å². The average molecular weight is 513 g/mol. The van der Waals surface area contributed by atoms with Crippen molar-refractivity contribution in [3.63, 3.8) is 0 Å². The quantitative estimate of drug-likeness (QED) is 0.607. The van der Waals surface area contributed by atoms with E-state index in [1.165, 1.54) is 29.7 Å². The van der Waals surface area contributed by atoms with Crippen LogP contribution < -0.4 is 5.32 Å². The maximum absolute atomic E-state index is 10.6. The Labute approximate surface area is 206 Å². The Morgan fingerprint density at radius 2 is 1.97 bits per heavy atom. The summed E-state index contributed by atoms with van der Waals surface area (Å²) >= 11 is 6.03. The Hall–Kier alpha value is -2.43. The third-order valence-corrected chi connectivity index (χ3v) is 6.83. The minimum absolute atomic E-state index is 0.0241. The van der Waals surface area contributed by atoms with Crippen LogP contribution in [0.3, 0.4) is 0 Å². The maximum Gasteiger partial charge on any atom is 0.490 e. The first-order valence-electron chi connectivity index (χ1n) is 11.5. The Balaban J connectivity index is 0.000000364. The number of anilines is 1. The third kappa shape index (κ3) is 6.42. The molecule has 35 heavy (non-hydrogen) atoms. The van der Waals surface area contributed by atoms with E-state index in [0.717, 1.165) is 61.8 Å². The third-order valence-electron chi connectivity index (χ3n) is 6.58. The van der Waals surface area contributed by atoms with Crippen LogP contribution in [-0.4, -0.2) is 58.4 Å². The van der Waals surface area contributed by atoms with Gasteiger partial charge in [-0.15, -0.1) is 0 Å². The van der Waals surface area contributed by atoms with Crippen molar-refractivity contribution in [1.82, 2.24) is 14.9 Å². The van der Waals surface area contributed by atoms with E-state index in [0.29, 0.717) is 6.61 Å². The molecule has 1 saturated carbocycles. The van der Waals surface area contributed by atoms with E-state index in [2.05, 4.69) is 29.3 Å². The second-order valence-corrected chi connectivity index (χ2v) is 9.88. The molecule has 0 radical (unpaired) electrons. The monoisotopic (exact) mass is 512 g/mol. The fourth-order valence-electron chi connectivity index (χ4n) is 4.51. The zero-order valence-corrected chi connectivity index (χ0v) is 20.1. The van der Waals surface area contributed by atoms with Gasteiger partial charge in [-0.3, -0.25) is 4.90 Å². The summed E-state index contributed by atoms with van der Waals surface area (Å²) in [6.07, 6.45) is -1.35. The highest BCUT2D eigenvalue weighted by molar-refractivity contribution is 6.30. The van der Waals surface area contributed by atoms with Crippen molar-refractivity contribution in [3.05, 3.63) is 51.8 Å². The lowest BCUT2D eigenvalue weighted by atomic mass is 9.80. The summed E-state index contributed by atoms with van der Waals surface area (Å²) < 4.78 is 37.8. The number of ether oxygens (including phenoxy) is 1. The van der Waals surface area contributed by atoms with Crippen molar-refractivity contribution in [2.75, 3.05) is 31.6 Å². The summed E-state index contributed by atoms with van der Waals surface area (Å²) in [5, 5.41) is 11.4. The summed E-state index contributed by atoms with van der Waals surface area (Å²) in [4.78, 5) is 21.1. The van der Waals surface area contributed by atoms with E-state index in [9.17, 15) is 13.2 Å². The van der Waals surface area contributed by atoms with Gasteiger partial charge in [-0.2, -0.15) is 13.2 Å². The number of fused-ring (bicyclic) bond motifs is 2. The number of benzene rings is 1. The number of aromatic nitrogens is 2. The number of alkyl halides is 3. The highest BCUT2D eigenvalue weighted by Gasteiger charge is 2.45. The predicted octanol–water partition coefficient (Wildman–Crippen LogP) is 4.57. The molecule has 3 heterocycles. The second kappa shape index (κ2) is 10.3. The summed E-state index contributed by atoms with van der Waals surface area (Å²) in [5.74, 6) is -1.16. The first-order valence-corrected chi connectivity index (χ1v) is 11.9. The van der Waals surface area contributed by atoms with Crippen molar-refractivity contribution < 1.29 is 27.8 Å². The molecule has 1 aromatic heterocycles. The lowest BCUT2D eigenvalue weighted by molar-refractivity contribution is -0.192. The molecular weight excluding hydrogens is 485 g/mol. The second-order valence-electron chi connectivity index (χ2n) is 9.45. The van der Waals surface area contributed by atoms with Gasteiger partial charge in [0.2, 0.25) is 5.95 Å². The molecule has 2 aromatic rings. The molecule has 190 valence electrons. The molecule has 2 fully saturated rings. The number of aliphatic carboxylic acids is 1. The highest BCUT2D eigenvalue weighted by atomic mass is 35.5. The number of carboxylic acid groups (broad SMARTS) is 1. The number of nitrogens with zero attached hydrogens (tertiary/aromatic N) is 3. The van der Waals surface area contributed by atoms with Crippen LogP contribution in [0.4, 0.5) is 19.1 Å². The summed E-state index contributed by atoms with van der Waals surface area (Å²) in [6.45, 7) is 7.42. The Bertz CT molecular complexity index is 1060. The van der Waals surface area contributed by atoms with E-state index in [1.54, 1.807) is 0 Å². The lowest BCUT2D eigenvalue weighted by Crippen LogP contribution is -2.41. The lowest BCUT2D eigenvalue weighted by Gasteiger charge is -2.35. The van der Waals surface area contributed by atoms with Gasteiger partial charge < -0.3 is 15.2 Å². The number of hydrogen-bond acceptors (Lipinski definition) is 6. The molecule has 0 bridgehead atoms. The van der Waals surface area contributed by atoms with Crippen LogP contribution in [0.5, 0.6) is 0 Å². The highest BCUT2D eigenvalue weighted by Crippen LogP contribution is 2.40. The van der Waals surface area contributed by atoms with Crippen molar-refractivity contribution >= 4 is 23.5 Å². The van der Waals surface area contributed by atoms with Crippen molar-refractivity contribution in [3.8, 4) is 0 Å². The molecule has 11 heteroatoms. The van der Waals surface area contributed by atoms with Crippen LogP contribution in [-0.2, 0) is 28.1 Å². The number of carbonyl (C=O) groups is 1. The fourth-order valence-corrected chi connectivity index (χ4v) is 4.64. The zero-order chi connectivity index (χ0) is 25.2. The van der Waals surface area contributed by atoms with Crippen LogP contribution >= 0.6 is 11.6 Å². The zero-order valence-electron chi connectivity index (χ0n) is 19.4. The Kier molecular flexibility index (Phi) is 7.54. The van der Waals surface area contributed by atoms with Crippen LogP contribution in [0.1, 0.15) is 41.8 Å². The molecule has 1 unspecified atom stereocenters. The van der Waals surface area contributed by atoms with Crippen LogP contribution in [0, 0.1) is 12.8 Å². The van der Waals surface area contributed by atoms with Gasteiger partial charge in [-0.1, -0.05) is 23.7 Å². The molecule has 2 aliphatic heterocycles. The molecule has 1 saturated heterocycles. The maximum atomic E-state index is 10.6. The number of likely N-dealkylation sites (tertiary alicyclic amines) is 1. The summed E-state index contributed by atoms with van der Waals surface area (Å²) in [5.41, 5.74) is 4.73. The van der Waals surface area contributed by atoms with Crippen LogP contribution in [0.2, 0.25) is 5.02 Å². The number of nitrogens with one attached hydrogen (secondary N) is 1. The van der Waals surface area contributed by atoms with Gasteiger partial charge in [-0.05, 0) is 56.3 Å². The molecule has 1 spiro atoms. The Morgan fingerprint density at radius 1 is 1.29 bits per heavy atom. The molecule has 1 aliphatic carbocycles. The normalized spacial score (nSPS) is 21.9. The van der Waals surface area contributed by atoms with Crippen LogP contribution in [0.25, 0.3) is 0 Å². The van der Waals surface area contributed by atoms with Gasteiger partial charge in [0.1, 0.15) is 0 Å². The van der Waals surface area contributed by atoms with E-state index in [4.69, 9.17) is 36.2 Å². The number of rotatable bonds is 5. The smallest absolute Gasteiger partial charge is 0.475 e. The van der Waals surface area contributed by atoms with Gasteiger partial charge in [-0.25, -0.2) is 14.8 Å². The van der Waals surface area contributed by atoms with E-state index < -0.39 is 12.1 Å². The number of carboxylic acids is 1. The predicted molar refractivity (Wildman–Crippen MR) is 124 cm³/mol. The molecule has 3 aliphatic rings. The largest absolute Gasteiger partial charge is 0.490 e. The van der Waals surface area contributed by atoms with Gasteiger partial charge in [0.05, 0.1) is 24.3 Å². The first-order chi connectivity index (χ1) is 16.6. The average Bonchev–Trinajstić information content (AvgIpc) is 3.55. The number of halogens is 4. The molecule has 2 N–H and O–H groups in total. The van der Waals surface area contributed by atoms with E-state index >= 15 is 0 Å². The molecule has 0 amide bonds. The Morgan fingerprint density at radius 3 is 2.60 bits per heavy atom. The molecule has 1 atom stereocenters. The fraction of sp³-hybridized carbons (Fsp3) is 0.542. The van der Waals surface area contributed by atoms with Gasteiger partial charge >= 0.3 is 12.1 Å². The van der Waals surface area contributed by atoms with Gasteiger partial charge in [0.25, 0.3) is 0 Å².